The van der Waals surface area contributed by atoms with Crippen molar-refractivity contribution in [3.63, 3.8) is 0 Å². The fourth-order valence-electron chi connectivity index (χ4n) is 5.83. The average molecular weight is 702 g/mol. The zero-order valence-electron chi connectivity index (χ0n) is 25.1. The van der Waals surface area contributed by atoms with E-state index in [1.165, 1.54) is 22.3 Å². The Hall–Kier alpha value is -4.06. The van der Waals surface area contributed by atoms with Gasteiger partial charge in [-0.3, -0.25) is 14.7 Å². The molecule has 6 rings (SSSR count). The van der Waals surface area contributed by atoms with Crippen molar-refractivity contribution < 1.29 is 27.5 Å². The maximum atomic E-state index is 14.7. The van der Waals surface area contributed by atoms with Crippen molar-refractivity contribution in [3.05, 3.63) is 121 Å². The molecule has 244 valence electrons. The topological polar surface area (TPSA) is 65.5 Å². The van der Waals surface area contributed by atoms with Crippen LogP contribution in [0.2, 0.25) is 10.0 Å². The van der Waals surface area contributed by atoms with Gasteiger partial charge in [-0.1, -0.05) is 47.5 Å². The lowest BCUT2D eigenvalue weighted by Gasteiger charge is -2.39. The number of urea groups is 1. The highest BCUT2D eigenvalue weighted by atomic mass is 35.5. The standard InChI is InChI=1S/C34H29Cl2F3N4O3S/c1-2-46-28-19-24(34(37,38)39)7-12-27(28)31-40-29(21-3-8-25(35)9-4-21)30(22-5-10-26(36)11-6-22)43(31)33(45)42-16-14-41(15-17-42)32(44)23-13-18-47-20-23/h3-13,18-20,29-30H,2,14-17H2,1H3. The number of alkyl halides is 3. The Labute approximate surface area is 283 Å². The third-order valence-electron chi connectivity index (χ3n) is 8.15. The molecule has 3 heterocycles. The number of rotatable bonds is 6. The first-order valence-corrected chi connectivity index (χ1v) is 16.6. The van der Waals surface area contributed by atoms with Crippen LogP contribution >= 0.6 is 34.5 Å². The van der Waals surface area contributed by atoms with Crippen molar-refractivity contribution in [2.24, 2.45) is 4.99 Å². The van der Waals surface area contributed by atoms with Crippen molar-refractivity contribution >= 4 is 52.3 Å². The van der Waals surface area contributed by atoms with E-state index in [2.05, 4.69) is 0 Å². The molecule has 0 N–H and O–H groups in total. The van der Waals surface area contributed by atoms with Crippen molar-refractivity contribution in [1.82, 2.24) is 14.7 Å². The Morgan fingerprint density at radius 1 is 0.894 bits per heavy atom. The fraction of sp³-hybridized carbons (Fsp3) is 0.265. The van der Waals surface area contributed by atoms with Gasteiger partial charge in [-0.15, -0.1) is 0 Å². The monoisotopic (exact) mass is 700 g/mol. The average Bonchev–Trinajstić information content (AvgIpc) is 3.74. The molecule has 13 heteroatoms. The van der Waals surface area contributed by atoms with Crippen molar-refractivity contribution in [3.8, 4) is 5.75 Å². The molecular weight excluding hydrogens is 672 g/mol. The van der Waals surface area contributed by atoms with Crippen LogP contribution in [-0.2, 0) is 6.18 Å². The number of benzene rings is 3. The van der Waals surface area contributed by atoms with Crippen LogP contribution in [0.4, 0.5) is 18.0 Å². The molecule has 0 spiro atoms. The number of hydrogen-bond donors (Lipinski definition) is 0. The third-order valence-corrected chi connectivity index (χ3v) is 9.34. The number of thiophene rings is 1. The Bertz CT molecular complexity index is 1780. The molecule has 7 nitrogen and oxygen atoms in total. The molecule has 4 aromatic rings. The van der Waals surface area contributed by atoms with E-state index < -0.39 is 29.9 Å². The molecule has 1 saturated heterocycles. The SMILES string of the molecule is CCOc1cc(C(F)(F)F)ccc1C1=NC(c2ccc(Cl)cc2)C(c2ccc(Cl)cc2)N1C(=O)N1CCN(C(=O)c2ccsc2)CC1. The maximum absolute atomic E-state index is 14.7. The summed E-state index contributed by atoms with van der Waals surface area (Å²) in [6.45, 7) is 2.91. The van der Waals surface area contributed by atoms with Gasteiger partial charge in [-0.05, 0) is 72.0 Å². The van der Waals surface area contributed by atoms with Crippen LogP contribution in [0, 0.1) is 0 Å². The highest BCUT2D eigenvalue weighted by Crippen LogP contribution is 2.46. The van der Waals surface area contributed by atoms with E-state index in [1.807, 2.05) is 29.6 Å². The van der Waals surface area contributed by atoms with Gasteiger partial charge in [0.15, 0.2) is 0 Å². The van der Waals surface area contributed by atoms with E-state index in [1.54, 1.807) is 52.4 Å². The lowest BCUT2D eigenvalue weighted by molar-refractivity contribution is -0.137. The number of hydrogen-bond acceptors (Lipinski definition) is 5. The van der Waals surface area contributed by atoms with Gasteiger partial charge in [-0.2, -0.15) is 24.5 Å². The number of piperazine rings is 1. The van der Waals surface area contributed by atoms with Gasteiger partial charge in [0.1, 0.15) is 17.6 Å². The zero-order chi connectivity index (χ0) is 33.3. The van der Waals surface area contributed by atoms with Crippen molar-refractivity contribution in [1.29, 1.82) is 0 Å². The molecular formula is C34H29Cl2F3N4O3S. The van der Waals surface area contributed by atoms with E-state index in [4.69, 9.17) is 32.9 Å². The van der Waals surface area contributed by atoms with Crippen LogP contribution in [-0.4, -0.2) is 65.3 Å². The molecule has 2 unspecified atom stereocenters. The van der Waals surface area contributed by atoms with Gasteiger partial charge in [0.05, 0.1) is 29.3 Å². The Morgan fingerprint density at radius 2 is 1.51 bits per heavy atom. The minimum absolute atomic E-state index is 0.0448. The Morgan fingerprint density at radius 3 is 2.09 bits per heavy atom. The normalized spacial score (nSPS) is 18.3. The van der Waals surface area contributed by atoms with Crippen molar-refractivity contribution in [2.45, 2.75) is 25.2 Å². The summed E-state index contributed by atoms with van der Waals surface area (Å²) in [4.78, 5) is 37.6. The summed E-state index contributed by atoms with van der Waals surface area (Å²) < 4.78 is 47.0. The lowest BCUT2D eigenvalue weighted by atomic mass is 9.93. The molecule has 0 radical (unpaired) electrons. The number of amides is 3. The van der Waals surface area contributed by atoms with Crippen LogP contribution in [0.1, 0.15) is 51.6 Å². The summed E-state index contributed by atoms with van der Waals surface area (Å²) in [5.74, 6) is 0.0234. The number of aliphatic imine (C=N–C) groups is 1. The molecule has 2 aliphatic rings. The quantitative estimate of drug-likeness (QED) is 0.202. The number of halogens is 5. The van der Waals surface area contributed by atoms with Gasteiger partial charge in [-0.25, -0.2) is 4.79 Å². The summed E-state index contributed by atoms with van der Waals surface area (Å²) in [5.41, 5.74) is 1.44. The minimum atomic E-state index is -4.60. The predicted octanol–water partition coefficient (Wildman–Crippen LogP) is 8.60. The first-order chi connectivity index (χ1) is 22.5. The van der Waals surface area contributed by atoms with Gasteiger partial charge in [0.25, 0.3) is 5.91 Å². The van der Waals surface area contributed by atoms with E-state index in [9.17, 15) is 22.8 Å². The maximum Gasteiger partial charge on any atom is 0.416 e. The Kier molecular flexibility index (Phi) is 9.50. The predicted molar refractivity (Wildman–Crippen MR) is 177 cm³/mol. The lowest BCUT2D eigenvalue weighted by Crippen LogP contribution is -2.55. The molecule has 2 atom stereocenters. The second kappa shape index (κ2) is 13.6. The summed E-state index contributed by atoms with van der Waals surface area (Å²) in [7, 11) is 0. The van der Waals surface area contributed by atoms with E-state index in [0.29, 0.717) is 28.7 Å². The summed E-state index contributed by atoms with van der Waals surface area (Å²) in [6.07, 6.45) is -4.60. The van der Waals surface area contributed by atoms with Crippen molar-refractivity contribution in [2.75, 3.05) is 32.8 Å². The van der Waals surface area contributed by atoms with Crippen LogP contribution in [0.3, 0.4) is 0 Å². The smallest absolute Gasteiger partial charge is 0.416 e. The van der Waals surface area contributed by atoms with Gasteiger partial charge < -0.3 is 14.5 Å². The van der Waals surface area contributed by atoms with E-state index in [0.717, 1.165) is 23.3 Å². The van der Waals surface area contributed by atoms with Gasteiger partial charge >= 0.3 is 12.2 Å². The minimum Gasteiger partial charge on any atom is -0.493 e. The highest BCUT2D eigenvalue weighted by molar-refractivity contribution is 7.08. The number of nitrogens with zero attached hydrogens (tertiary/aromatic N) is 4. The largest absolute Gasteiger partial charge is 0.493 e. The summed E-state index contributed by atoms with van der Waals surface area (Å²) >= 11 is 13.9. The van der Waals surface area contributed by atoms with Crippen LogP contribution in [0.15, 0.2) is 88.5 Å². The van der Waals surface area contributed by atoms with Crippen LogP contribution in [0.5, 0.6) is 5.75 Å². The number of ether oxygens (including phenoxy) is 1. The number of carbonyl (C=O) groups excluding carboxylic acids is 2. The van der Waals surface area contributed by atoms with Gasteiger partial charge in [0.2, 0.25) is 0 Å². The molecule has 47 heavy (non-hydrogen) atoms. The fourth-order valence-corrected chi connectivity index (χ4v) is 6.72. The molecule has 1 aromatic heterocycles. The second-order valence-corrected chi connectivity index (χ2v) is 12.7. The molecule has 3 amide bonds. The summed E-state index contributed by atoms with van der Waals surface area (Å²) in [6, 6.07) is 17.4. The third kappa shape index (κ3) is 6.83. The van der Waals surface area contributed by atoms with Crippen LogP contribution < -0.4 is 4.74 Å². The zero-order valence-corrected chi connectivity index (χ0v) is 27.4. The highest BCUT2D eigenvalue weighted by Gasteiger charge is 2.45. The summed E-state index contributed by atoms with van der Waals surface area (Å²) in [5, 5.41) is 4.65. The van der Waals surface area contributed by atoms with E-state index >= 15 is 0 Å². The molecule has 0 aliphatic carbocycles. The molecule has 3 aromatic carbocycles. The number of amidine groups is 1. The molecule has 1 fully saturated rings. The molecule has 0 saturated carbocycles. The van der Waals surface area contributed by atoms with Gasteiger partial charge in [0, 0.05) is 41.6 Å². The molecule has 2 aliphatic heterocycles. The van der Waals surface area contributed by atoms with E-state index in [-0.39, 0.29) is 42.8 Å². The second-order valence-electron chi connectivity index (χ2n) is 11.0. The Balaban J connectivity index is 1.44. The first-order valence-electron chi connectivity index (χ1n) is 14.9. The first kappa shape index (κ1) is 32.9. The number of carbonyl (C=O) groups is 2. The van der Waals surface area contributed by atoms with Crippen LogP contribution in [0.25, 0.3) is 0 Å². The molecule has 0 bridgehead atoms.